The second kappa shape index (κ2) is 8.11. The summed E-state index contributed by atoms with van der Waals surface area (Å²) in [5.74, 6) is -0.0162. The fourth-order valence-electron chi connectivity index (χ4n) is 2.24. The number of rotatable bonds is 7. The van der Waals surface area contributed by atoms with E-state index in [1.54, 1.807) is 18.3 Å². The van der Waals surface area contributed by atoms with Crippen LogP contribution in [0.15, 0.2) is 53.5 Å². The van der Waals surface area contributed by atoms with E-state index in [9.17, 15) is 8.78 Å². The second-order valence-electron chi connectivity index (χ2n) is 5.06. The Morgan fingerprint density at radius 1 is 1.04 bits per heavy atom. The van der Waals surface area contributed by atoms with Crippen molar-refractivity contribution in [1.82, 2.24) is 0 Å². The summed E-state index contributed by atoms with van der Waals surface area (Å²) in [5.41, 5.74) is -0.954. The van der Waals surface area contributed by atoms with Gasteiger partial charge in [-0.2, -0.15) is 0 Å². The molecule has 0 saturated heterocycles. The fraction of sp³-hybridized carbons (Fsp3) is 0.278. The van der Waals surface area contributed by atoms with Gasteiger partial charge in [-0.05, 0) is 55.8 Å². The minimum atomic E-state index is -3.71. The van der Waals surface area contributed by atoms with Crippen LogP contribution >= 0.6 is 11.6 Å². The molecular formula is C18H19ClF2N2O. The summed E-state index contributed by atoms with van der Waals surface area (Å²) in [6.45, 7) is 6.15. The number of alkyl halides is 3. The number of aliphatic imine (C=N–C) groups is 1. The number of hydrogen-bond donors (Lipinski definition) is 0. The molecule has 24 heavy (non-hydrogen) atoms. The Hall–Kier alpha value is -2.14. The predicted octanol–water partition coefficient (Wildman–Crippen LogP) is 5.45. The van der Waals surface area contributed by atoms with Crippen molar-refractivity contribution in [2.24, 2.45) is 4.99 Å². The first-order chi connectivity index (χ1) is 11.4. The maximum absolute atomic E-state index is 12.5. The van der Waals surface area contributed by atoms with E-state index in [0.29, 0.717) is 5.69 Å². The summed E-state index contributed by atoms with van der Waals surface area (Å²) in [5, 5.41) is 0. The number of nitrogens with zero attached hydrogens (tertiary/aromatic N) is 2. The minimum absolute atomic E-state index is 0.0162. The van der Waals surface area contributed by atoms with E-state index >= 15 is 0 Å². The van der Waals surface area contributed by atoms with Crippen LogP contribution in [-0.2, 0) is 0 Å². The molecule has 2 rings (SSSR count). The molecule has 0 radical (unpaired) electrons. The highest BCUT2D eigenvalue weighted by Gasteiger charge is 2.27. The lowest BCUT2D eigenvalue weighted by Crippen LogP contribution is -2.21. The van der Waals surface area contributed by atoms with Gasteiger partial charge in [-0.15, -0.1) is 8.78 Å². The number of hydrogen-bond acceptors (Lipinski definition) is 3. The highest BCUT2D eigenvalue weighted by Crippen LogP contribution is 2.26. The van der Waals surface area contributed by atoms with Gasteiger partial charge in [0, 0.05) is 36.6 Å². The Bertz CT molecular complexity index is 663. The predicted molar refractivity (Wildman–Crippen MR) is 95.1 cm³/mol. The average Bonchev–Trinajstić information content (AvgIpc) is 2.55. The van der Waals surface area contributed by atoms with Gasteiger partial charge in [0.15, 0.2) is 0 Å². The fourth-order valence-corrected chi connectivity index (χ4v) is 2.33. The summed E-state index contributed by atoms with van der Waals surface area (Å²) in [4.78, 5) is 6.57. The second-order valence-corrected chi connectivity index (χ2v) is 5.50. The lowest BCUT2D eigenvalue weighted by Gasteiger charge is -2.20. The van der Waals surface area contributed by atoms with Crippen molar-refractivity contribution in [1.29, 1.82) is 0 Å². The first-order valence-corrected chi connectivity index (χ1v) is 8.04. The Balaban J connectivity index is 2.02. The van der Waals surface area contributed by atoms with Crippen molar-refractivity contribution in [3.05, 3.63) is 54.1 Å². The molecule has 0 heterocycles. The molecule has 0 aromatic heterocycles. The maximum Gasteiger partial charge on any atom is 0.487 e. The van der Waals surface area contributed by atoms with E-state index in [-0.39, 0.29) is 5.75 Å². The molecule has 6 heteroatoms. The molecule has 0 N–H and O–H groups in total. The van der Waals surface area contributed by atoms with E-state index in [2.05, 4.69) is 28.5 Å². The quantitative estimate of drug-likeness (QED) is 0.489. The third-order valence-electron chi connectivity index (χ3n) is 3.45. The Morgan fingerprint density at radius 3 is 2.12 bits per heavy atom. The molecule has 0 aliphatic heterocycles. The third-order valence-corrected chi connectivity index (χ3v) is 3.53. The number of ether oxygens (including phenoxy) is 1. The number of benzene rings is 2. The monoisotopic (exact) mass is 352 g/mol. The third kappa shape index (κ3) is 5.49. The van der Waals surface area contributed by atoms with Crippen molar-refractivity contribution in [3.8, 4) is 5.75 Å². The van der Waals surface area contributed by atoms with Crippen LogP contribution in [-0.4, -0.2) is 24.9 Å². The number of halogens is 3. The van der Waals surface area contributed by atoms with Crippen molar-refractivity contribution >= 4 is 29.2 Å². The molecule has 0 spiro atoms. The van der Waals surface area contributed by atoms with Crippen molar-refractivity contribution < 1.29 is 13.5 Å². The molecule has 0 bridgehead atoms. The summed E-state index contributed by atoms with van der Waals surface area (Å²) in [6.07, 6.45) is 1.72. The smallest absolute Gasteiger partial charge is 0.420 e. The maximum atomic E-state index is 12.5. The molecule has 0 aliphatic carbocycles. The lowest BCUT2D eigenvalue weighted by atomic mass is 10.2. The highest BCUT2D eigenvalue weighted by atomic mass is 35.5. The van der Waals surface area contributed by atoms with Gasteiger partial charge in [0.2, 0.25) is 0 Å². The Labute approximate surface area is 145 Å². The van der Waals surface area contributed by atoms with E-state index in [1.165, 1.54) is 17.8 Å². The molecule has 0 aliphatic rings. The zero-order valence-electron chi connectivity index (χ0n) is 13.5. The first kappa shape index (κ1) is 18.2. The van der Waals surface area contributed by atoms with E-state index in [0.717, 1.165) is 18.7 Å². The van der Waals surface area contributed by atoms with Crippen LogP contribution < -0.4 is 9.64 Å². The molecule has 3 nitrogen and oxygen atoms in total. The standard InChI is InChI=1S/C18H19ClF2N2O/c1-3-23(4-2)16-9-5-14(6-10-16)13-22-15-7-11-17(12-8-15)24-18(19,20)21/h5-13H,3-4H2,1-2H3. The van der Waals surface area contributed by atoms with Gasteiger partial charge in [0.1, 0.15) is 5.75 Å². The van der Waals surface area contributed by atoms with Crippen molar-refractivity contribution in [3.63, 3.8) is 0 Å². The van der Waals surface area contributed by atoms with Crippen LogP contribution in [0.4, 0.5) is 20.2 Å². The van der Waals surface area contributed by atoms with E-state index in [4.69, 9.17) is 11.6 Å². The molecule has 0 atom stereocenters. The van der Waals surface area contributed by atoms with Gasteiger partial charge < -0.3 is 9.64 Å². The summed E-state index contributed by atoms with van der Waals surface area (Å²) in [7, 11) is 0. The molecule has 2 aromatic rings. The van der Waals surface area contributed by atoms with Gasteiger partial charge in [-0.3, -0.25) is 4.99 Å². The highest BCUT2D eigenvalue weighted by molar-refractivity contribution is 6.20. The van der Waals surface area contributed by atoms with Gasteiger partial charge in [0.25, 0.3) is 0 Å². The molecule has 0 saturated carbocycles. The zero-order chi connectivity index (χ0) is 17.6. The lowest BCUT2D eigenvalue weighted by molar-refractivity contribution is -0.0964. The van der Waals surface area contributed by atoms with Crippen LogP contribution in [0.25, 0.3) is 0 Å². The summed E-state index contributed by atoms with van der Waals surface area (Å²) in [6, 6.07) is 14.0. The van der Waals surface area contributed by atoms with Crippen LogP contribution in [0.3, 0.4) is 0 Å². The summed E-state index contributed by atoms with van der Waals surface area (Å²) >= 11 is 4.72. The van der Waals surface area contributed by atoms with E-state index < -0.39 is 5.57 Å². The molecular weight excluding hydrogens is 334 g/mol. The Morgan fingerprint density at radius 2 is 1.62 bits per heavy atom. The van der Waals surface area contributed by atoms with Crippen LogP contribution in [0, 0.1) is 0 Å². The van der Waals surface area contributed by atoms with Gasteiger partial charge >= 0.3 is 5.57 Å². The Kier molecular flexibility index (Phi) is 6.15. The van der Waals surface area contributed by atoms with Crippen LogP contribution in [0.5, 0.6) is 5.75 Å². The zero-order valence-corrected chi connectivity index (χ0v) is 14.3. The minimum Gasteiger partial charge on any atom is -0.420 e. The van der Waals surface area contributed by atoms with Gasteiger partial charge in [-0.25, -0.2) is 0 Å². The molecule has 0 amide bonds. The molecule has 2 aromatic carbocycles. The SMILES string of the molecule is CCN(CC)c1ccc(C=Nc2ccc(OC(F)(F)Cl)cc2)cc1. The topological polar surface area (TPSA) is 24.8 Å². The average molecular weight is 353 g/mol. The van der Waals surface area contributed by atoms with Gasteiger partial charge in [-0.1, -0.05) is 12.1 Å². The van der Waals surface area contributed by atoms with E-state index in [1.807, 2.05) is 24.3 Å². The van der Waals surface area contributed by atoms with Crippen molar-refractivity contribution in [2.75, 3.05) is 18.0 Å². The largest absolute Gasteiger partial charge is 0.487 e. The molecule has 0 unspecified atom stereocenters. The number of anilines is 1. The van der Waals surface area contributed by atoms with Crippen LogP contribution in [0.1, 0.15) is 19.4 Å². The van der Waals surface area contributed by atoms with Gasteiger partial charge in [0.05, 0.1) is 5.69 Å². The normalized spacial score (nSPS) is 11.7. The summed E-state index contributed by atoms with van der Waals surface area (Å²) < 4.78 is 29.3. The molecule has 0 fully saturated rings. The van der Waals surface area contributed by atoms with Crippen LogP contribution in [0.2, 0.25) is 0 Å². The van der Waals surface area contributed by atoms with Crippen molar-refractivity contribution in [2.45, 2.75) is 19.4 Å². The first-order valence-electron chi connectivity index (χ1n) is 7.66. The molecule has 128 valence electrons.